The number of ketones is 1. The second-order valence-electron chi connectivity index (χ2n) is 4.81. The van der Waals surface area contributed by atoms with Crippen LogP contribution in [0.25, 0.3) is 0 Å². The maximum atomic E-state index is 11.6. The molecule has 19 heavy (non-hydrogen) atoms. The Labute approximate surface area is 111 Å². The summed E-state index contributed by atoms with van der Waals surface area (Å²) in [6, 6.07) is 5.67. The lowest BCUT2D eigenvalue weighted by Gasteiger charge is -2.16. The van der Waals surface area contributed by atoms with Crippen LogP contribution in [0.1, 0.15) is 18.1 Å². The summed E-state index contributed by atoms with van der Waals surface area (Å²) in [5.41, 5.74) is 2.79. The van der Waals surface area contributed by atoms with E-state index in [1.807, 2.05) is 18.2 Å². The van der Waals surface area contributed by atoms with Gasteiger partial charge in [0.25, 0.3) is 5.91 Å². The van der Waals surface area contributed by atoms with E-state index < -0.39 is 11.7 Å². The highest BCUT2D eigenvalue weighted by Gasteiger charge is 2.24. The molecular formula is C14H16N2O3. The van der Waals surface area contributed by atoms with Gasteiger partial charge in [0.1, 0.15) is 0 Å². The summed E-state index contributed by atoms with van der Waals surface area (Å²) in [6.45, 7) is 1.62. The molecule has 0 aromatic heterocycles. The molecule has 1 aromatic rings. The Balaban J connectivity index is 2.16. The van der Waals surface area contributed by atoms with Crippen molar-refractivity contribution >= 4 is 23.3 Å². The van der Waals surface area contributed by atoms with E-state index in [1.165, 1.54) is 11.8 Å². The van der Waals surface area contributed by atoms with Gasteiger partial charge in [0.15, 0.2) is 0 Å². The summed E-state index contributed by atoms with van der Waals surface area (Å²) in [5.74, 6) is -0.910. The molecule has 0 spiro atoms. The van der Waals surface area contributed by atoms with Gasteiger partial charge >= 0.3 is 0 Å². The summed E-state index contributed by atoms with van der Waals surface area (Å²) in [5, 5.41) is 0. The maximum absolute atomic E-state index is 11.6. The minimum Gasteiger partial charge on any atom is -0.335 e. The number of hydrogen-bond donors (Lipinski definition) is 0. The van der Waals surface area contributed by atoms with E-state index >= 15 is 0 Å². The Bertz CT molecular complexity index is 566. The molecule has 1 heterocycles. The van der Waals surface area contributed by atoms with E-state index in [-0.39, 0.29) is 5.91 Å². The molecule has 2 rings (SSSR count). The van der Waals surface area contributed by atoms with Crippen LogP contribution >= 0.6 is 0 Å². The van der Waals surface area contributed by atoms with Crippen LogP contribution in [0.15, 0.2) is 18.2 Å². The van der Waals surface area contributed by atoms with Gasteiger partial charge in [-0.1, -0.05) is 12.1 Å². The SMILES string of the molecule is CC(=O)C(=O)N(C)Cc1ccc2c(c1)CC(=O)N2C. The third kappa shape index (κ3) is 2.50. The summed E-state index contributed by atoms with van der Waals surface area (Å²) >= 11 is 0. The monoisotopic (exact) mass is 260 g/mol. The fourth-order valence-electron chi connectivity index (χ4n) is 2.24. The third-order valence-electron chi connectivity index (χ3n) is 3.29. The van der Waals surface area contributed by atoms with Crippen LogP contribution in [0.2, 0.25) is 0 Å². The Hall–Kier alpha value is -2.17. The van der Waals surface area contributed by atoms with Crippen molar-refractivity contribution in [3.05, 3.63) is 29.3 Å². The molecule has 2 amide bonds. The molecule has 0 aliphatic carbocycles. The zero-order valence-corrected chi connectivity index (χ0v) is 11.3. The summed E-state index contributed by atoms with van der Waals surface area (Å²) in [4.78, 5) is 37.1. The lowest BCUT2D eigenvalue weighted by molar-refractivity contribution is -0.143. The van der Waals surface area contributed by atoms with Gasteiger partial charge in [-0.3, -0.25) is 14.4 Å². The van der Waals surface area contributed by atoms with Crippen molar-refractivity contribution in [3.63, 3.8) is 0 Å². The van der Waals surface area contributed by atoms with Crippen molar-refractivity contribution in [2.24, 2.45) is 0 Å². The number of fused-ring (bicyclic) bond motifs is 1. The minimum atomic E-state index is -0.506. The first-order chi connectivity index (χ1) is 8.90. The summed E-state index contributed by atoms with van der Waals surface area (Å²) in [6.07, 6.45) is 0.393. The molecule has 0 N–H and O–H groups in total. The van der Waals surface area contributed by atoms with Crippen molar-refractivity contribution in [3.8, 4) is 0 Å². The zero-order valence-electron chi connectivity index (χ0n) is 11.3. The number of Topliss-reactive ketones (excluding diaryl/α,β-unsaturated/α-hetero) is 1. The van der Waals surface area contributed by atoms with Gasteiger partial charge in [-0.05, 0) is 17.2 Å². The number of anilines is 1. The van der Waals surface area contributed by atoms with Crippen LogP contribution in [-0.4, -0.2) is 36.6 Å². The fraction of sp³-hybridized carbons (Fsp3) is 0.357. The highest BCUT2D eigenvalue weighted by molar-refractivity contribution is 6.34. The molecule has 0 unspecified atom stereocenters. The lowest BCUT2D eigenvalue weighted by atomic mass is 10.1. The second kappa shape index (κ2) is 4.84. The quantitative estimate of drug-likeness (QED) is 0.754. The Morgan fingerprint density at radius 2 is 2.05 bits per heavy atom. The molecule has 1 aromatic carbocycles. The number of carbonyl (C=O) groups is 3. The van der Waals surface area contributed by atoms with Crippen molar-refractivity contribution < 1.29 is 14.4 Å². The first-order valence-electron chi connectivity index (χ1n) is 6.04. The fourth-order valence-corrected chi connectivity index (χ4v) is 2.24. The number of carbonyl (C=O) groups excluding carboxylic acids is 3. The van der Waals surface area contributed by atoms with Crippen molar-refractivity contribution in [1.29, 1.82) is 0 Å². The third-order valence-corrected chi connectivity index (χ3v) is 3.29. The number of likely N-dealkylation sites (N-methyl/N-ethyl adjacent to an activating group) is 2. The van der Waals surface area contributed by atoms with Gasteiger partial charge in [-0.2, -0.15) is 0 Å². The molecule has 0 saturated heterocycles. The topological polar surface area (TPSA) is 57.7 Å². The van der Waals surface area contributed by atoms with E-state index in [2.05, 4.69) is 0 Å². The molecule has 0 saturated carbocycles. The van der Waals surface area contributed by atoms with Crippen molar-refractivity contribution in [2.45, 2.75) is 19.9 Å². The largest absolute Gasteiger partial charge is 0.335 e. The summed E-state index contributed by atoms with van der Waals surface area (Å²) < 4.78 is 0. The number of hydrogen-bond acceptors (Lipinski definition) is 3. The maximum Gasteiger partial charge on any atom is 0.289 e. The van der Waals surface area contributed by atoms with Crippen LogP contribution in [0, 0.1) is 0 Å². The van der Waals surface area contributed by atoms with Gasteiger partial charge in [-0.25, -0.2) is 0 Å². The average molecular weight is 260 g/mol. The van der Waals surface area contributed by atoms with Gasteiger partial charge in [0.05, 0.1) is 6.42 Å². The van der Waals surface area contributed by atoms with Crippen molar-refractivity contribution in [2.75, 3.05) is 19.0 Å². The minimum absolute atomic E-state index is 0.0697. The zero-order chi connectivity index (χ0) is 14.2. The first-order valence-corrected chi connectivity index (χ1v) is 6.04. The molecule has 0 atom stereocenters. The van der Waals surface area contributed by atoms with Crippen LogP contribution in [0.4, 0.5) is 5.69 Å². The van der Waals surface area contributed by atoms with E-state index in [4.69, 9.17) is 0 Å². The van der Waals surface area contributed by atoms with Crippen LogP contribution in [0.3, 0.4) is 0 Å². The highest BCUT2D eigenvalue weighted by Crippen LogP contribution is 2.28. The molecule has 5 heteroatoms. The average Bonchev–Trinajstić information content (AvgIpc) is 2.63. The van der Waals surface area contributed by atoms with Gasteiger partial charge in [0, 0.05) is 33.3 Å². The summed E-state index contributed by atoms with van der Waals surface area (Å²) in [7, 11) is 3.34. The number of nitrogens with zero attached hydrogens (tertiary/aromatic N) is 2. The molecule has 0 fully saturated rings. The molecule has 1 aliphatic rings. The van der Waals surface area contributed by atoms with E-state index in [0.717, 1.165) is 16.8 Å². The lowest BCUT2D eigenvalue weighted by Crippen LogP contribution is -2.31. The standard InChI is InChI=1S/C14H16N2O3/c1-9(17)14(19)15(2)8-10-4-5-12-11(6-10)7-13(18)16(12)3/h4-6H,7-8H2,1-3H3. The van der Waals surface area contributed by atoms with Crippen LogP contribution in [-0.2, 0) is 27.3 Å². The van der Waals surface area contributed by atoms with Gasteiger partial charge < -0.3 is 9.80 Å². The highest BCUT2D eigenvalue weighted by atomic mass is 16.2. The van der Waals surface area contributed by atoms with Crippen LogP contribution < -0.4 is 4.90 Å². The second-order valence-corrected chi connectivity index (χ2v) is 4.81. The molecule has 100 valence electrons. The van der Waals surface area contributed by atoms with Crippen molar-refractivity contribution in [1.82, 2.24) is 4.90 Å². The number of rotatable bonds is 3. The van der Waals surface area contributed by atoms with Gasteiger partial charge in [0.2, 0.25) is 11.7 Å². The van der Waals surface area contributed by atoms with Gasteiger partial charge in [-0.15, -0.1) is 0 Å². The molecular weight excluding hydrogens is 244 g/mol. The normalized spacial score (nSPS) is 13.4. The van der Waals surface area contributed by atoms with E-state index in [0.29, 0.717) is 13.0 Å². The van der Waals surface area contributed by atoms with E-state index in [1.54, 1.807) is 19.0 Å². The molecule has 0 bridgehead atoms. The van der Waals surface area contributed by atoms with E-state index in [9.17, 15) is 14.4 Å². The first kappa shape index (κ1) is 13.3. The Morgan fingerprint density at radius 3 is 2.68 bits per heavy atom. The number of benzene rings is 1. The predicted octanol–water partition coefficient (Wildman–Crippen LogP) is 0.753. The molecule has 5 nitrogen and oxygen atoms in total. The number of amides is 2. The molecule has 0 radical (unpaired) electrons. The Kier molecular flexibility index (Phi) is 3.38. The van der Waals surface area contributed by atoms with Crippen LogP contribution in [0.5, 0.6) is 0 Å². The molecule has 1 aliphatic heterocycles. The Morgan fingerprint density at radius 1 is 1.37 bits per heavy atom. The predicted molar refractivity (Wildman–Crippen MR) is 70.7 cm³/mol. The smallest absolute Gasteiger partial charge is 0.289 e.